The highest BCUT2D eigenvalue weighted by Gasteiger charge is 2.15. The summed E-state index contributed by atoms with van der Waals surface area (Å²) < 4.78 is 0. The van der Waals surface area contributed by atoms with E-state index in [1.807, 2.05) is 32.4 Å². The Labute approximate surface area is 207 Å². The van der Waals surface area contributed by atoms with Crippen molar-refractivity contribution in [1.29, 1.82) is 0 Å². The maximum absolute atomic E-state index is 13.0. The van der Waals surface area contributed by atoms with Gasteiger partial charge in [0.1, 0.15) is 0 Å². The van der Waals surface area contributed by atoms with Crippen LogP contribution in [0.2, 0.25) is 0 Å². The number of hydroxylamine groups is 1. The Morgan fingerprint density at radius 2 is 1.63 bits per heavy atom. The summed E-state index contributed by atoms with van der Waals surface area (Å²) >= 11 is 0. The van der Waals surface area contributed by atoms with Crippen molar-refractivity contribution in [3.05, 3.63) is 54.7 Å². The fourth-order valence-electron chi connectivity index (χ4n) is 4.06. The molecule has 188 valence electrons. The number of fused-ring (bicyclic) bond motifs is 1. The molecule has 1 heterocycles. The van der Waals surface area contributed by atoms with Crippen LogP contribution in [0.1, 0.15) is 38.5 Å². The monoisotopic (exact) mass is 479 g/mol. The van der Waals surface area contributed by atoms with Crippen LogP contribution in [0.4, 0.5) is 10.5 Å². The first-order chi connectivity index (χ1) is 17.0. The van der Waals surface area contributed by atoms with Crippen LogP contribution in [0, 0.1) is 0 Å². The van der Waals surface area contributed by atoms with E-state index in [9.17, 15) is 9.59 Å². The number of nitrogens with zero attached hydrogens (tertiary/aromatic N) is 2. The number of H-pyrrole nitrogens is 1. The number of carbonyl (C=O) groups excluding carboxylic acids is 2. The van der Waals surface area contributed by atoms with E-state index in [0.717, 1.165) is 54.6 Å². The molecule has 2 aromatic carbocycles. The number of aromatic nitrogens is 1. The van der Waals surface area contributed by atoms with Crippen molar-refractivity contribution < 1.29 is 14.8 Å². The van der Waals surface area contributed by atoms with Gasteiger partial charge < -0.3 is 15.2 Å². The molecule has 35 heavy (non-hydrogen) atoms. The molecule has 3 aromatic rings. The molecule has 0 atom stereocenters. The van der Waals surface area contributed by atoms with Gasteiger partial charge in [0.05, 0.1) is 0 Å². The van der Waals surface area contributed by atoms with E-state index >= 15 is 0 Å². The zero-order valence-corrected chi connectivity index (χ0v) is 20.7. The Morgan fingerprint density at radius 1 is 0.886 bits per heavy atom. The number of benzene rings is 2. The summed E-state index contributed by atoms with van der Waals surface area (Å²) in [6, 6.07) is 16.4. The first kappa shape index (κ1) is 26.2. The summed E-state index contributed by atoms with van der Waals surface area (Å²) in [5, 5.41) is 12.8. The van der Waals surface area contributed by atoms with Gasteiger partial charge >= 0.3 is 6.03 Å². The minimum atomic E-state index is -0.362. The average molecular weight is 480 g/mol. The van der Waals surface area contributed by atoms with Crippen LogP contribution in [0.3, 0.4) is 0 Å². The molecule has 0 aliphatic carbocycles. The molecular formula is C27H37N5O3. The molecule has 0 saturated carbocycles. The van der Waals surface area contributed by atoms with Gasteiger partial charge in [-0.3, -0.25) is 14.9 Å². The van der Waals surface area contributed by atoms with E-state index in [2.05, 4.69) is 51.6 Å². The molecule has 0 saturated heterocycles. The standard InChI is InChI=1S/C27H37N5O3/c1-31(2)18-7-16-29-27(34)32(19-6-4-3-5-8-26(33)30-35)24-13-11-21(12-14-24)23-10-9-22-15-17-28-25(22)20-23/h9-15,17,20,28,35H,3-8,16,18-19H2,1-2H3,(H,29,34)(H,30,33). The number of rotatable bonds is 13. The van der Waals surface area contributed by atoms with Crippen LogP contribution in [0.25, 0.3) is 22.0 Å². The SMILES string of the molecule is CN(C)CCCNC(=O)N(CCCCCCC(=O)NO)c1ccc(-c2ccc3cc[nH]c3c2)cc1. The van der Waals surface area contributed by atoms with Crippen LogP contribution < -0.4 is 15.7 Å². The first-order valence-corrected chi connectivity index (χ1v) is 12.3. The molecule has 0 aliphatic heterocycles. The zero-order valence-electron chi connectivity index (χ0n) is 20.7. The molecule has 8 nitrogen and oxygen atoms in total. The van der Waals surface area contributed by atoms with Gasteiger partial charge in [-0.1, -0.05) is 37.1 Å². The minimum absolute atomic E-state index is 0.0935. The molecule has 0 radical (unpaired) electrons. The molecule has 0 bridgehead atoms. The van der Waals surface area contributed by atoms with Gasteiger partial charge in [-0.05, 0) is 80.7 Å². The lowest BCUT2D eigenvalue weighted by Gasteiger charge is -2.24. The van der Waals surface area contributed by atoms with Crippen LogP contribution >= 0.6 is 0 Å². The van der Waals surface area contributed by atoms with Crippen molar-refractivity contribution >= 4 is 28.5 Å². The third-order valence-electron chi connectivity index (χ3n) is 6.03. The van der Waals surface area contributed by atoms with Gasteiger partial charge in [-0.2, -0.15) is 0 Å². The van der Waals surface area contributed by atoms with Crippen LogP contribution in [0.15, 0.2) is 54.7 Å². The number of amides is 3. The smallest absolute Gasteiger partial charge is 0.321 e. The maximum atomic E-state index is 13.0. The molecule has 3 amide bonds. The lowest BCUT2D eigenvalue weighted by atomic mass is 10.0. The Hall–Kier alpha value is -3.36. The Balaban J connectivity index is 1.63. The van der Waals surface area contributed by atoms with E-state index in [0.29, 0.717) is 25.9 Å². The molecule has 8 heteroatoms. The summed E-state index contributed by atoms with van der Waals surface area (Å²) in [4.78, 5) is 31.3. The fourth-order valence-corrected chi connectivity index (χ4v) is 4.06. The number of urea groups is 1. The maximum Gasteiger partial charge on any atom is 0.321 e. The molecule has 4 N–H and O–H groups in total. The highest BCUT2D eigenvalue weighted by Crippen LogP contribution is 2.26. The van der Waals surface area contributed by atoms with Crippen molar-refractivity contribution in [2.45, 2.75) is 38.5 Å². The van der Waals surface area contributed by atoms with E-state index in [1.54, 1.807) is 10.4 Å². The first-order valence-electron chi connectivity index (χ1n) is 12.3. The summed E-state index contributed by atoms with van der Waals surface area (Å²) in [7, 11) is 4.04. The fraction of sp³-hybridized carbons (Fsp3) is 0.407. The third kappa shape index (κ3) is 8.12. The van der Waals surface area contributed by atoms with E-state index in [1.165, 1.54) is 5.39 Å². The number of unbranched alkanes of at least 4 members (excludes halogenated alkanes) is 3. The zero-order chi connectivity index (χ0) is 25.0. The number of nitrogens with one attached hydrogen (secondary N) is 3. The van der Waals surface area contributed by atoms with E-state index in [-0.39, 0.29) is 11.9 Å². The second kappa shape index (κ2) is 13.5. The lowest BCUT2D eigenvalue weighted by Crippen LogP contribution is -2.41. The quantitative estimate of drug-likeness (QED) is 0.161. The van der Waals surface area contributed by atoms with Crippen molar-refractivity contribution in [2.75, 3.05) is 38.6 Å². The molecule has 0 unspecified atom stereocenters. The third-order valence-corrected chi connectivity index (χ3v) is 6.03. The number of aromatic amines is 1. The summed E-state index contributed by atoms with van der Waals surface area (Å²) in [6.07, 6.45) is 6.44. The summed E-state index contributed by atoms with van der Waals surface area (Å²) in [6.45, 7) is 2.14. The molecule has 0 spiro atoms. The van der Waals surface area contributed by atoms with E-state index < -0.39 is 0 Å². The Morgan fingerprint density at radius 3 is 2.37 bits per heavy atom. The van der Waals surface area contributed by atoms with Crippen molar-refractivity contribution in [3.63, 3.8) is 0 Å². The van der Waals surface area contributed by atoms with Gasteiger partial charge in [0, 0.05) is 36.9 Å². The highest BCUT2D eigenvalue weighted by atomic mass is 16.5. The summed E-state index contributed by atoms with van der Waals surface area (Å²) in [5.74, 6) is -0.362. The normalized spacial score (nSPS) is 11.1. The molecule has 3 rings (SSSR count). The van der Waals surface area contributed by atoms with Gasteiger partial charge in [-0.25, -0.2) is 10.3 Å². The Bertz CT molecular complexity index is 1080. The Kier molecular flexibility index (Phi) is 10.1. The predicted molar refractivity (Wildman–Crippen MR) is 141 cm³/mol. The molecule has 0 aliphatic rings. The van der Waals surface area contributed by atoms with Gasteiger partial charge in [0.25, 0.3) is 0 Å². The van der Waals surface area contributed by atoms with Crippen LogP contribution in [-0.4, -0.2) is 60.8 Å². The van der Waals surface area contributed by atoms with Gasteiger partial charge in [0.2, 0.25) is 5.91 Å². The van der Waals surface area contributed by atoms with Crippen LogP contribution in [-0.2, 0) is 4.79 Å². The second-order valence-corrected chi connectivity index (χ2v) is 9.07. The van der Waals surface area contributed by atoms with Crippen LogP contribution in [0.5, 0.6) is 0 Å². The largest absolute Gasteiger partial charge is 0.361 e. The highest BCUT2D eigenvalue weighted by molar-refractivity contribution is 5.92. The van der Waals surface area contributed by atoms with Gasteiger partial charge in [-0.15, -0.1) is 0 Å². The topological polar surface area (TPSA) is 101 Å². The number of hydrogen-bond donors (Lipinski definition) is 4. The van der Waals surface area contributed by atoms with Crippen molar-refractivity contribution in [2.24, 2.45) is 0 Å². The predicted octanol–water partition coefficient (Wildman–Crippen LogP) is 4.76. The number of carbonyl (C=O) groups is 2. The minimum Gasteiger partial charge on any atom is -0.361 e. The second-order valence-electron chi connectivity index (χ2n) is 9.07. The van der Waals surface area contributed by atoms with E-state index in [4.69, 9.17) is 5.21 Å². The van der Waals surface area contributed by atoms with Gasteiger partial charge in [0.15, 0.2) is 0 Å². The molecule has 1 aromatic heterocycles. The summed E-state index contributed by atoms with van der Waals surface area (Å²) in [5.41, 5.74) is 5.84. The van der Waals surface area contributed by atoms with Crippen molar-refractivity contribution in [3.8, 4) is 11.1 Å². The number of hydrogen-bond acceptors (Lipinski definition) is 4. The number of anilines is 1. The molecule has 0 fully saturated rings. The molecular weight excluding hydrogens is 442 g/mol. The average Bonchev–Trinajstić information content (AvgIpc) is 3.34. The van der Waals surface area contributed by atoms with Crippen molar-refractivity contribution in [1.82, 2.24) is 20.7 Å². The lowest BCUT2D eigenvalue weighted by molar-refractivity contribution is -0.129.